The van der Waals surface area contributed by atoms with Gasteiger partial charge in [-0.05, 0) is 39.2 Å². The van der Waals surface area contributed by atoms with Gasteiger partial charge in [-0.15, -0.1) is 0 Å². The van der Waals surface area contributed by atoms with Crippen LogP contribution in [0.15, 0.2) is 16.9 Å². The third-order valence-electron chi connectivity index (χ3n) is 4.77. The van der Waals surface area contributed by atoms with E-state index < -0.39 is 0 Å². The maximum atomic E-state index is 12.7. The highest BCUT2D eigenvalue weighted by Gasteiger charge is 2.20. The topological polar surface area (TPSA) is 81.8 Å². The van der Waals surface area contributed by atoms with Crippen molar-refractivity contribution in [2.75, 3.05) is 0 Å². The molecule has 0 spiro atoms. The fraction of sp³-hybridized carbons (Fsp3) is 0.579. The number of carbonyl (C=O) groups is 1. The maximum Gasteiger partial charge on any atom is 0.255 e. The second-order valence-electron chi connectivity index (χ2n) is 7.11. The fourth-order valence-corrected chi connectivity index (χ4v) is 3.55. The van der Waals surface area contributed by atoms with E-state index in [0.29, 0.717) is 5.95 Å². The van der Waals surface area contributed by atoms with Crippen LogP contribution in [0.3, 0.4) is 0 Å². The lowest BCUT2D eigenvalue weighted by Crippen LogP contribution is -2.39. The molecule has 7 heteroatoms. The minimum absolute atomic E-state index is 0.0393. The quantitative estimate of drug-likeness (QED) is 0.858. The summed E-state index contributed by atoms with van der Waals surface area (Å²) >= 11 is 0. The smallest absolute Gasteiger partial charge is 0.255 e. The highest BCUT2D eigenvalue weighted by Crippen LogP contribution is 2.17. The van der Waals surface area contributed by atoms with Gasteiger partial charge in [0, 0.05) is 23.5 Å². The molecule has 1 aliphatic carbocycles. The number of hydrogen-bond acceptors (Lipinski definition) is 4. The molecule has 0 saturated heterocycles. The summed E-state index contributed by atoms with van der Waals surface area (Å²) in [5, 5.41) is 7.49. The first-order valence-corrected chi connectivity index (χ1v) is 9.41. The van der Waals surface area contributed by atoms with Crippen molar-refractivity contribution in [3.8, 4) is 5.95 Å². The van der Waals surface area contributed by atoms with Crippen molar-refractivity contribution in [2.45, 2.75) is 71.9 Å². The van der Waals surface area contributed by atoms with Crippen molar-refractivity contribution in [3.05, 3.63) is 39.6 Å². The second kappa shape index (κ2) is 7.85. The minimum atomic E-state index is -0.215. The Morgan fingerprint density at radius 2 is 2.00 bits per heavy atom. The summed E-state index contributed by atoms with van der Waals surface area (Å²) in [6.07, 6.45) is 5.94. The number of carbonyl (C=O) groups excluding carboxylic acids is 1. The van der Waals surface area contributed by atoms with Crippen LogP contribution < -0.4 is 10.9 Å². The summed E-state index contributed by atoms with van der Waals surface area (Å²) < 4.78 is 3.07. The Morgan fingerprint density at radius 3 is 2.62 bits per heavy atom. The average molecular weight is 357 g/mol. The van der Waals surface area contributed by atoms with E-state index in [4.69, 9.17) is 0 Å². The number of nitrogens with zero attached hydrogens (tertiary/aromatic N) is 4. The van der Waals surface area contributed by atoms with E-state index in [-0.39, 0.29) is 24.1 Å². The van der Waals surface area contributed by atoms with Crippen molar-refractivity contribution in [1.29, 1.82) is 0 Å². The molecule has 1 fully saturated rings. The third kappa shape index (κ3) is 4.03. The van der Waals surface area contributed by atoms with E-state index in [1.165, 1.54) is 10.6 Å². The first kappa shape index (κ1) is 18.4. The first-order valence-electron chi connectivity index (χ1n) is 9.41. The zero-order valence-corrected chi connectivity index (χ0v) is 15.8. The zero-order valence-electron chi connectivity index (χ0n) is 15.8. The largest absolute Gasteiger partial charge is 0.352 e. The van der Waals surface area contributed by atoms with Gasteiger partial charge in [0.1, 0.15) is 6.54 Å². The number of amides is 1. The molecule has 1 aliphatic rings. The Hall–Kier alpha value is -2.44. The Balaban J connectivity index is 1.95. The van der Waals surface area contributed by atoms with Gasteiger partial charge < -0.3 is 5.32 Å². The first-order chi connectivity index (χ1) is 12.5. The molecule has 0 atom stereocenters. The van der Waals surface area contributed by atoms with Crippen LogP contribution in [0.4, 0.5) is 0 Å². The van der Waals surface area contributed by atoms with Gasteiger partial charge in [-0.25, -0.2) is 9.67 Å². The summed E-state index contributed by atoms with van der Waals surface area (Å²) in [5.41, 5.74) is 2.24. The standard InChI is InChI=1S/C19H27N5O2/c1-4-7-16-11-18(26)23(12-17(25)20-15-8-5-6-9-15)19(21-16)24-14(3)10-13(2)22-24/h10-11,15H,4-9,12H2,1-3H3,(H,20,25). The molecule has 0 aliphatic heterocycles. The summed E-state index contributed by atoms with van der Waals surface area (Å²) in [4.78, 5) is 29.8. The molecule has 2 aromatic rings. The fourth-order valence-electron chi connectivity index (χ4n) is 3.55. The Labute approximate surface area is 153 Å². The van der Waals surface area contributed by atoms with E-state index >= 15 is 0 Å². The highest BCUT2D eigenvalue weighted by molar-refractivity contribution is 5.76. The molecule has 0 bridgehead atoms. The SMILES string of the molecule is CCCc1cc(=O)n(CC(=O)NC2CCCC2)c(-n2nc(C)cc2C)n1. The normalized spacial score (nSPS) is 14.7. The predicted molar refractivity (Wildman–Crippen MR) is 99.5 cm³/mol. The molecule has 2 aromatic heterocycles. The van der Waals surface area contributed by atoms with Gasteiger partial charge in [0.25, 0.3) is 5.56 Å². The van der Waals surface area contributed by atoms with E-state index in [0.717, 1.165) is 55.6 Å². The van der Waals surface area contributed by atoms with Gasteiger partial charge in [0.2, 0.25) is 11.9 Å². The number of aryl methyl sites for hydroxylation is 3. The van der Waals surface area contributed by atoms with Gasteiger partial charge in [-0.3, -0.25) is 14.2 Å². The number of aromatic nitrogens is 4. The minimum Gasteiger partial charge on any atom is -0.352 e. The van der Waals surface area contributed by atoms with Crippen LogP contribution in [0.2, 0.25) is 0 Å². The van der Waals surface area contributed by atoms with Crippen LogP contribution in [0.1, 0.15) is 56.1 Å². The molecule has 1 amide bonds. The monoisotopic (exact) mass is 357 g/mol. The van der Waals surface area contributed by atoms with Crippen molar-refractivity contribution in [3.63, 3.8) is 0 Å². The van der Waals surface area contributed by atoms with Crippen LogP contribution in [0.5, 0.6) is 0 Å². The predicted octanol–water partition coefficient (Wildman–Crippen LogP) is 2.06. The molecule has 140 valence electrons. The van der Waals surface area contributed by atoms with Crippen LogP contribution in [0, 0.1) is 13.8 Å². The molecule has 1 saturated carbocycles. The summed E-state index contributed by atoms with van der Waals surface area (Å²) in [6.45, 7) is 5.82. The molecule has 0 radical (unpaired) electrons. The van der Waals surface area contributed by atoms with Crippen molar-refractivity contribution in [2.24, 2.45) is 0 Å². The van der Waals surface area contributed by atoms with Crippen molar-refractivity contribution < 1.29 is 4.79 Å². The van der Waals surface area contributed by atoms with E-state index in [1.807, 2.05) is 26.8 Å². The molecule has 26 heavy (non-hydrogen) atoms. The van der Waals surface area contributed by atoms with Gasteiger partial charge in [0.05, 0.1) is 5.69 Å². The lowest BCUT2D eigenvalue weighted by molar-refractivity contribution is -0.122. The Morgan fingerprint density at radius 1 is 1.27 bits per heavy atom. The molecule has 7 nitrogen and oxygen atoms in total. The summed E-state index contributed by atoms with van der Waals surface area (Å²) in [7, 11) is 0. The Kier molecular flexibility index (Phi) is 5.54. The van der Waals surface area contributed by atoms with Crippen LogP contribution in [-0.4, -0.2) is 31.3 Å². The molecule has 0 unspecified atom stereocenters. The van der Waals surface area contributed by atoms with Crippen LogP contribution in [-0.2, 0) is 17.8 Å². The lowest BCUT2D eigenvalue weighted by atomic mass is 10.2. The average Bonchev–Trinajstić information content (AvgIpc) is 3.19. The molecule has 3 rings (SSSR count). The van der Waals surface area contributed by atoms with E-state index in [9.17, 15) is 9.59 Å². The molecule has 2 heterocycles. The van der Waals surface area contributed by atoms with Gasteiger partial charge >= 0.3 is 0 Å². The number of rotatable bonds is 6. The molecular weight excluding hydrogens is 330 g/mol. The number of nitrogens with one attached hydrogen (secondary N) is 1. The zero-order chi connectivity index (χ0) is 18.7. The van der Waals surface area contributed by atoms with E-state index in [1.54, 1.807) is 4.68 Å². The summed E-state index contributed by atoms with van der Waals surface area (Å²) in [5.74, 6) is 0.264. The maximum absolute atomic E-state index is 12.7. The van der Waals surface area contributed by atoms with E-state index in [2.05, 4.69) is 15.4 Å². The van der Waals surface area contributed by atoms with Crippen molar-refractivity contribution >= 4 is 5.91 Å². The Bertz CT molecular complexity index is 846. The highest BCUT2D eigenvalue weighted by atomic mass is 16.2. The number of hydrogen-bond donors (Lipinski definition) is 1. The third-order valence-corrected chi connectivity index (χ3v) is 4.77. The van der Waals surface area contributed by atoms with Gasteiger partial charge in [0.15, 0.2) is 0 Å². The van der Waals surface area contributed by atoms with Crippen LogP contribution in [0.25, 0.3) is 5.95 Å². The molecule has 1 N–H and O–H groups in total. The second-order valence-corrected chi connectivity index (χ2v) is 7.11. The molecular formula is C19H27N5O2. The van der Waals surface area contributed by atoms with Gasteiger partial charge in [-0.2, -0.15) is 5.10 Å². The van der Waals surface area contributed by atoms with Gasteiger partial charge in [-0.1, -0.05) is 26.2 Å². The lowest BCUT2D eigenvalue weighted by Gasteiger charge is -2.16. The summed E-state index contributed by atoms with van der Waals surface area (Å²) in [6, 6.07) is 3.69. The van der Waals surface area contributed by atoms with Crippen LogP contribution >= 0.6 is 0 Å². The molecule has 0 aromatic carbocycles. The van der Waals surface area contributed by atoms with Crippen molar-refractivity contribution in [1.82, 2.24) is 24.6 Å².